The number of anilines is 1. The van der Waals surface area contributed by atoms with E-state index < -0.39 is 0 Å². The van der Waals surface area contributed by atoms with Crippen molar-refractivity contribution in [3.05, 3.63) is 29.8 Å². The Kier molecular flexibility index (Phi) is 4.20. The summed E-state index contributed by atoms with van der Waals surface area (Å²) >= 11 is 0. The Morgan fingerprint density at radius 3 is 2.78 bits per heavy atom. The number of hydrogen-bond donors (Lipinski definition) is 2. The average Bonchev–Trinajstić information content (AvgIpc) is 3.20. The number of nitrogens with one attached hydrogen (secondary N) is 2. The second kappa shape index (κ2) is 5.87. The Morgan fingerprint density at radius 1 is 1.39 bits per heavy atom. The van der Waals surface area contributed by atoms with E-state index in [0.717, 1.165) is 12.2 Å². The van der Waals surface area contributed by atoms with Crippen LogP contribution in [0.5, 0.6) is 0 Å². The zero-order valence-corrected chi connectivity index (χ0v) is 11.1. The van der Waals surface area contributed by atoms with Crippen molar-refractivity contribution in [1.29, 1.82) is 0 Å². The van der Waals surface area contributed by atoms with E-state index in [1.54, 1.807) is 7.05 Å². The van der Waals surface area contributed by atoms with Gasteiger partial charge in [-0.1, -0.05) is 18.2 Å². The van der Waals surface area contributed by atoms with Crippen molar-refractivity contribution in [3.8, 4) is 0 Å². The van der Waals surface area contributed by atoms with Gasteiger partial charge in [-0.05, 0) is 24.5 Å². The summed E-state index contributed by atoms with van der Waals surface area (Å²) in [6.45, 7) is 1.26. The van der Waals surface area contributed by atoms with Gasteiger partial charge in [-0.25, -0.2) is 0 Å². The molecule has 4 heteroatoms. The van der Waals surface area contributed by atoms with Crippen LogP contribution < -0.4 is 15.5 Å². The lowest BCUT2D eigenvalue weighted by Crippen LogP contribution is -2.33. The molecule has 1 aliphatic rings. The van der Waals surface area contributed by atoms with Crippen LogP contribution in [0.25, 0.3) is 0 Å². The Morgan fingerprint density at radius 2 is 2.11 bits per heavy atom. The number of benzene rings is 1. The number of carbonyl (C=O) groups excluding carboxylic acids is 1. The maximum Gasteiger partial charge on any atom is 0.239 e. The minimum atomic E-state index is 0.0301. The topological polar surface area (TPSA) is 44.4 Å². The van der Waals surface area contributed by atoms with Crippen LogP contribution in [0, 0.1) is 0 Å². The molecule has 0 bridgehead atoms. The molecule has 0 unspecified atom stereocenters. The van der Waals surface area contributed by atoms with E-state index in [-0.39, 0.29) is 5.91 Å². The molecule has 1 amide bonds. The summed E-state index contributed by atoms with van der Waals surface area (Å²) in [6, 6.07) is 8.93. The third kappa shape index (κ3) is 3.47. The lowest BCUT2D eigenvalue weighted by atomic mass is 10.1. The first-order valence-corrected chi connectivity index (χ1v) is 6.43. The van der Waals surface area contributed by atoms with E-state index in [1.165, 1.54) is 18.4 Å². The highest BCUT2D eigenvalue weighted by molar-refractivity contribution is 5.81. The number of amides is 1. The number of hydrogen-bond acceptors (Lipinski definition) is 3. The molecule has 1 saturated carbocycles. The van der Waals surface area contributed by atoms with Crippen molar-refractivity contribution >= 4 is 11.6 Å². The van der Waals surface area contributed by atoms with E-state index >= 15 is 0 Å². The van der Waals surface area contributed by atoms with Gasteiger partial charge in [0.15, 0.2) is 0 Å². The lowest BCUT2D eigenvalue weighted by Gasteiger charge is -2.21. The predicted octanol–water partition coefficient (Wildman–Crippen LogP) is 1.12. The summed E-state index contributed by atoms with van der Waals surface area (Å²) in [5, 5.41) is 6.16. The van der Waals surface area contributed by atoms with Gasteiger partial charge in [0, 0.05) is 32.4 Å². The van der Waals surface area contributed by atoms with Gasteiger partial charge >= 0.3 is 0 Å². The molecule has 1 aromatic rings. The van der Waals surface area contributed by atoms with Crippen molar-refractivity contribution in [1.82, 2.24) is 10.6 Å². The van der Waals surface area contributed by atoms with E-state index in [9.17, 15) is 4.79 Å². The van der Waals surface area contributed by atoms with E-state index in [2.05, 4.69) is 22.8 Å². The van der Waals surface area contributed by atoms with Gasteiger partial charge < -0.3 is 15.5 Å². The van der Waals surface area contributed by atoms with Crippen molar-refractivity contribution in [2.24, 2.45) is 0 Å². The summed E-state index contributed by atoms with van der Waals surface area (Å²) in [7, 11) is 3.61. The molecule has 1 aromatic carbocycles. The quantitative estimate of drug-likeness (QED) is 0.792. The highest BCUT2D eigenvalue weighted by Crippen LogP contribution is 2.22. The Labute approximate surface area is 108 Å². The minimum absolute atomic E-state index is 0.0301. The smallest absolute Gasteiger partial charge is 0.239 e. The van der Waals surface area contributed by atoms with Crippen molar-refractivity contribution < 1.29 is 4.79 Å². The van der Waals surface area contributed by atoms with Crippen LogP contribution >= 0.6 is 0 Å². The van der Waals surface area contributed by atoms with Gasteiger partial charge in [-0.15, -0.1) is 0 Å². The lowest BCUT2D eigenvalue weighted by molar-refractivity contribution is -0.119. The van der Waals surface area contributed by atoms with Crippen molar-refractivity contribution in [3.63, 3.8) is 0 Å². The Balaban J connectivity index is 2.02. The van der Waals surface area contributed by atoms with Crippen LogP contribution in [0.3, 0.4) is 0 Å². The third-order valence-electron chi connectivity index (χ3n) is 3.22. The summed E-state index contributed by atoms with van der Waals surface area (Å²) in [4.78, 5) is 13.4. The highest BCUT2D eigenvalue weighted by atomic mass is 16.1. The number of carbonyl (C=O) groups is 1. The van der Waals surface area contributed by atoms with Gasteiger partial charge in [0.1, 0.15) is 0 Å². The van der Waals surface area contributed by atoms with Gasteiger partial charge in [0.05, 0.1) is 6.54 Å². The zero-order chi connectivity index (χ0) is 13.0. The molecule has 98 valence electrons. The predicted molar refractivity (Wildman–Crippen MR) is 73.6 cm³/mol. The van der Waals surface area contributed by atoms with Gasteiger partial charge in [0.25, 0.3) is 0 Å². The summed E-state index contributed by atoms with van der Waals surface area (Å²) < 4.78 is 0. The fraction of sp³-hybridized carbons (Fsp3) is 0.500. The Hall–Kier alpha value is -1.55. The van der Waals surface area contributed by atoms with Crippen LogP contribution in [-0.2, 0) is 11.3 Å². The molecule has 0 aliphatic heterocycles. The van der Waals surface area contributed by atoms with E-state index in [4.69, 9.17) is 0 Å². The number of likely N-dealkylation sites (N-methyl/N-ethyl adjacent to an activating group) is 2. The molecule has 0 aromatic heterocycles. The highest BCUT2D eigenvalue weighted by Gasteiger charge is 2.20. The summed E-state index contributed by atoms with van der Waals surface area (Å²) in [6.07, 6.45) is 2.58. The van der Waals surface area contributed by atoms with Crippen LogP contribution in [0.2, 0.25) is 0 Å². The molecule has 0 saturated heterocycles. The monoisotopic (exact) mass is 247 g/mol. The molecular formula is C14H21N3O. The molecular weight excluding hydrogens is 226 g/mol. The third-order valence-corrected chi connectivity index (χ3v) is 3.22. The molecule has 0 radical (unpaired) electrons. The summed E-state index contributed by atoms with van der Waals surface area (Å²) in [5.41, 5.74) is 2.37. The second-order valence-corrected chi connectivity index (χ2v) is 4.81. The second-order valence-electron chi connectivity index (χ2n) is 4.81. The SMILES string of the molecule is CNC(=O)CN(C)c1ccccc1CNC1CC1. The number of para-hydroxylation sites is 1. The molecule has 0 atom stereocenters. The average molecular weight is 247 g/mol. The fourth-order valence-corrected chi connectivity index (χ4v) is 1.95. The zero-order valence-electron chi connectivity index (χ0n) is 11.1. The number of nitrogens with zero attached hydrogens (tertiary/aromatic N) is 1. The van der Waals surface area contributed by atoms with Crippen LogP contribution in [0.4, 0.5) is 5.69 Å². The standard InChI is InChI=1S/C14H21N3O/c1-15-14(18)10-17(2)13-6-4-3-5-11(13)9-16-12-7-8-12/h3-6,12,16H,7-10H2,1-2H3,(H,15,18). The largest absolute Gasteiger partial charge is 0.365 e. The first-order valence-electron chi connectivity index (χ1n) is 6.43. The molecule has 0 spiro atoms. The Bertz CT molecular complexity index is 415. The minimum Gasteiger partial charge on any atom is -0.365 e. The van der Waals surface area contributed by atoms with Crippen LogP contribution in [-0.4, -0.2) is 32.6 Å². The summed E-state index contributed by atoms with van der Waals surface area (Å²) in [5.74, 6) is 0.0301. The van der Waals surface area contributed by atoms with Gasteiger partial charge in [-0.2, -0.15) is 0 Å². The van der Waals surface area contributed by atoms with E-state index in [1.807, 2.05) is 24.1 Å². The first kappa shape index (κ1) is 12.9. The normalized spacial score (nSPS) is 14.3. The molecule has 4 nitrogen and oxygen atoms in total. The van der Waals surface area contributed by atoms with Gasteiger partial charge in [0.2, 0.25) is 5.91 Å². The maximum atomic E-state index is 11.4. The molecule has 1 aliphatic carbocycles. The molecule has 2 N–H and O–H groups in total. The number of rotatable bonds is 6. The molecule has 0 heterocycles. The first-order chi connectivity index (χ1) is 8.70. The molecule has 18 heavy (non-hydrogen) atoms. The fourth-order valence-electron chi connectivity index (χ4n) is 1.95. The van der Waals surface area contributed by atoms with E-state index in [0.29, 0.717) is 12.6 Å². The van der Waals surface area contributed by atoms with Crippen LogP contribution in [0.15, 0.2) is 24.3 Å². The van der Waals surface area contributed by atoms with Crippen molar-refractivity contribution in [2.75, 3.05) is 25.5 Å². The molecule has 2 rings (SSSR count). The van der Waals surface area contributed by atoms with Crippen LogP contribution in [0.1, 0.15) is 18.4 Å². The van der Waals surface area contributed by atoms with Crippen molar-refractivity contribution in [2.45, 2.75) is 25.4 Å². The maximum absolute atomic E-state index is 11.4. The molecule has 1 fully saturated rings. The van der Waals surface area contributed by atoms with Gasteiger partial charge in [-0.3, -0.25) is 4.79 Å².